The molecular weight excluding hydrogens is 578 g/mol. The minimum absolute atomic E-state index is 0.0172. The molecule has 4 amide bonds. The fourth-order valence-corrected chi connectivity index (χ4v) is 4.15. The van der Waals surface area contributed by atoms with Gasteiger partial charge in [0.1, 0.15) is 0 Å². The quantitative estimate of drug-likeness (QED) is 0.343. The number of rotatable bonds is 8. The summed E-state index contributed by atoms with van der Waals surface area (Å²) in [6, 6.07) is 13.7. The first kappa shape index (κ1) is 26.7. The van der Waals surface area contributed by atoms with Crippen LogP contribution in [-0.4, -0.2) is 50.1 Å². The van der Waals surface area contributed by atoms with E-state index in [1.165, 1.54) is 11.1 Å². The van der Waals surface area contributed by atoms with Gasteiger partial charge in [0, 0.05) is 28.6 Å². The van der Waals surface area contributed by atoms with Gasteiger partial charge in [-0.1, -0.05) is 68.8 Å². The number of carbonyl (C=O) groups is 4. The van der Waals surface area contributed by atoms with Gasteiger partial charge in [0.25, 0.3) is 23.6 Å². The lowest BCUT2D eigenvalue weighted by molar-refractivity contribution is 0.0691. The molecule has 7 nitrogen and oxygen atoms in total. The summed E-state index contributed by atoms with van der Waals surface area (Å²) in [7, 11) is 0. The maximum absolute atomic E-state index is 12.0. The van der Waals surface area contributed by atoms with Gasteiger partial charge in [-0.2, -0.15) is 0 Å². The molecule has 2 N–H and O–H groups in total. The number of hydrogen-bond donors (Lipinski definition) is 1. The highest BCUT2D eigenvalue weighted by atomic mass is 79.9. The number of carbonyl (C=O) groups excluding carboxylic acids is 4. The van der Waals surface area contributed by atoms with Crippen molar-refractivity contribution in [2.75, 3.05) is 10.7 Å². The van der Waals surface area contributed by atoms with Crippen LogP contribution < -0.4 is 5.73 Å². The molecule has 0 radical (unpaired) electrons. The van der Waals surface area contributed by atoms with Crippen LogP contribution in [0.15, 0.2) is 73.1 Å². The summed E-state index contributed by atoms with van der Waals surface area (Å²) in [4.78, 5) is 50.3. The Kier molecular flexibility index (Phi) is 9.31. The average Bonchev–Trinajstić information content (AvgIpc) is 3.28. The SMILES string of the molecule is C=C(CCCBr)N1C(=O)c2ccccc2C1=O.NC(CBr)CC=CN1C(=O)c2ccccc2C1=O. The lowest BCUT2D eigenvalue weighted by atomic mass is 10.1. The first-order chi connectivity index (χ1) is 16.8. The van der Waals surface area contributed by atoms with Crippen LogP contribution in [0.1, 0.15) is 60.7 Å². The number of amides is 4. The van der Waals surface area contributed by atoms with Crippen molar-refractivity contribution >= 4 is 55.5 Å². The topological polar surface area (TPSA) is 101 Å². The molecule has 2 heterocycles. The van der Waals surface area contributed by atoms with Crippen molar-refractivity contribution < 1.29 is 19.2 Å². The fourth-order valence-electron chi connectivity index (χ4n) is 3.61. The van der Waals surface area contributed by atoms with Crippen LogP contribution in [0.25, 0.3) is 0 Å². The molecule has 2 aromatic rings. The highest BCUT2D eigenvalue weighted by molar-refractivity contribution is 9.09. The molecule has 2 aliphatic rings. The van der Waals surface area contributed by atoms with Crippen LogP contribution in [0.4, 0.5) is 0 Å². The van der Waals surface area contributed by atoms with Crippen LogP contribution in [0.5, 0.6) is 0 Å². The third kappa shape index (κ3) is 5.86. The smallest absolute Gasteiger partial charge is 0.265 e. The Morgan fingerprint density at radius 1 is 0.857 bits per heavy atom. The van der Waals surface area contributed by atoms with E-state index >= 15 is 0 Å². The van der Waals surface area contributed by atoms with Gasteiger partial charge in [-0.15, -0.1) is 0 Å². The van der Waals surface area contributed by atoms with E-state index in [9.17, 15) is 19.2 Å². The maximum atomic E-state index is 12.0. The average molecular weight is 603 g/mol. The van der Waals surface area contributed by atoms with Crippen molar-refractivity contribution in [1.82, 2.24) is 9.80 Å². The number of hydrogen-bond acceptors (Lipinski definition) is 5. The fraction of sp³-hybridized carbons (Fsp3) is 0.231. The van der Waals surface area contributed by atoms with Gasteiger partial charge in [0.2, 0.25) is 0 Å². The lowest BCUT2D eigenvalue weighted by Crippen LogP contribution is -2.28. The molecule has 0 fully saturated rings. The van der Waals surface area contributed by atoms with Crippen LogP contribution in [0.2, 0.25) is 0 Å². The molecule has 0 spiro atoms. The van der Waals surface area contributed by atoms with Gasteiger partial charge in [0.15, 0.2) is 0 Å². The Bertz CT molecular complexity index is 1120. The van der Waals surface area contributed by atoms with E-state index in [1.807, 2.05) is 0 Å². The molecule has 0 aromatic heterocycles. The monoisotopic (exact) mass is 601 g/mol. The van der Waals surface area contributed by atoms with E-state index < -0.39 is 0 Å². The molecule has 2 aliphatic heterocycles. The summed E-state index contributed by atoms with van der Waals surface area (Å²) >= 11 is 6.58. The summed E-state index contributed by atoms with van der Waals surface area (Å²) < 4.78 is 0. The molecule has 35 heavy (non-hydrogen) atoms. The number of nitrogens with two attached hydrogens (primary N) is 1. The van der Waals surface area contributed by atoms with Gasteiger partial charge in [-0.3, -0.25) is 19.2 Å². The normalized spacial score (nSPS) is 15.3. The molecule has 182 valence electrons. The molecular formula is C26H25Br2N3O4. The zero-order chi connectivity index (χ0) is 25.5. The highest BCUT2D eigenvalue weighted by Crippen LogP contribution is 2.27. The first-order valence-corrected chi connectivity index (χ1v) is 13.2. The number of benzene rings is 2. The molecule has 1 atom stereocenters. The third-order valence-corrected chi connectivity index (χ3v) is 6.82. The standard InChI is InChI=1S/C13H13BrN2O2.C13H12BrNO2/c14-8-9(15)4-3-7-16-12(17)10-5-1-2-6-11(10)13(16)18;1-9(5-4-8-14)15-12(16)10-6-2-3-7-11(10)13(15)17/h1-3,5-7,9H,4,8,15H2;2-3,6-7H,1,4-5,8H2. The van der Waals surface area contributed by atoms with E-state index in [2.05, 4.69) is 38.4 Å². The van der Waals surface area contributed by atoms with Crippen molar-refractivity contribution in [3.05, 3.63) is 95.3 Å². The van der Waals surface area contributed by atoms with E-state index in [1.54, 1.807) is 54.6 Å². The van der Waals surface area contributed by atoms with E-state index in [0.29, 0.717) is 46.1 Å². The number of halogens is 2. The second kappa shape index (κ2) is 12.2. The first-order valence-electron chi connectivity index (χ1n) is 11.0. The number of imide groups is 2. The highest BCUT2D eigenvalue weighted by Gasteiger charge is 2.36. The minimum atomic E-state index is -0.278. The Hall–Kier alpha value is -2.88. The van der Waals surface area contributed by atoms with Gasteiger partial charge < -0.3 is 5.73 Å². The maximum Gasteiger partial charge on any atom is 0.265 e. The van der Waals surface area contributed by atoms with Crippen LogP contribution in [0, 0.1) is 0 Å². The van der Waals surface area contributed by atoms with Gasteiger partial charge >= 0.3 is 0 Å². The number of allylic oxidation sites excluding steroid dienone is 1. The van der Waals surface area contributed by atoms with Crippen molar-refractivity contribution in [2.45, 2.75) is 25.3 Å². The summed E-state index contributed by atoms with van der Waals surface area (Å²) in [5.74, 6) is -1.08. The second-order valence-electron chi connectivity index (χ2n) is 7.91. The lowest BCUT2D eigenvalue weighted by Gasteiger charge is -2.16. The zero-order valence-electron chi connectivity index (χ0n) is 19.0. The molecule has 0 saturated heterocycles. The van der Waals surface area contributed by atoms with Crippen LogP contribution in [-0.2, 0) is 0 Å². The third-order valence-electron chi connectivity index (χ3n) is 5.43. The Labute approximate surface area is 220 Å². The van der Waals surface area contributed by atoms with Gasteiger partial charge in [-0.25, -0.2) is 9.80 Å². The molecule has 1 unspecified atom stereocenters. The second-order valence-corrected chi connectivity index (χ2v) is 9.35. The predicted molar refractivity (Wildman–Crippen MR) is 142 cm³/mol. The Morgan fingerprint density at radius 3 is 1.74 bits per heavy atom. The van der Waals surface area contributed by atoms with Crippen molar-refractivity contribution in [1.29, 1.82) is 0 Å². The molecule has 0 saturated carbocycles. The van der Waals surface area contributed by atoms with E-state index in [4.69, 9.17) is 5.73 Å². The summed E-state index contributed by atoms with van der Waals surface area (Å²) in [6.07, 6.45) is 5.35. The number of nitrogens with zero attached hydrogens (tertiary/aromatic N) is 2. The molecule has 0 bridgehead atoms. The van der Waals surface area contributed by atoms with Crippen molar-refractivity contribution in [3.8, 4) is 0 Å². The number of fused-ring (bicyclic) bond motifs is 2. The molecule has 2 aromatic carbocycles. The molecule has 0 aliphatic carbocycles. The largest absolute Gasteiger partial charge is 0.327 e. The van der Waals surface area contributed by atoms with Crippen molar-refractivity contribution in [2.24, 2.45) is 5.73 Å². The minimum Gasteiger partial charge on any atom is -0.327 e. The number of alkyl halides is 2. The zero-order valence-corrected chi connectivity index (χ0v) is 22.1. The molecule has 9 heteroatoms. The van der Waals surface area contributed by atoms with Crippen LogP contribution in [0.3, 0.4) is 0 Å². The summed E-state index contributed by atoms with van der Waals surface area (Å²) in [5.41, 5.74) is 8.14. The van der Waals surface area contributed by atoms with Crippen molar-refractivity contribution in [3.63, 3.8) is 0 Å². The molecule has 4 rings (SSSR count). The predicted octanol–water partition coefficient (Wildman–Crippen LogP) is 4.88. The van der Waals surface area contributed by atoms with Gasteiger partial charge in [0.05, 0.1) is 22.3 Å². The van der Waals surface area contributed by atoms with E-state index in [0.717, 1.165) is 16.7 Å². The Morgan fingerprint density at radius 2 is 1.31 bits per heavy atom. The summed E-state index contributed by atoms with van der Waals surface area (Å²) in [5, 5.41) is 1.51. The summed E-state index contributed by atoms with van der Waals surface area (Å²) in [6.45, 7) is 3.82. The Balaban J connectivity index is 0.000000196. The van der Waals surface area contributed by atoms with E-state index in [-0.39, 0.29) is 29.7 Å². The van der Waals surface area contributed by atoms with Gasteiger partial charge in [-0.05, 0) is 43.5 Å². The van der Waals surface area contributed by atoms with Crippen LogP contribution >= 0.6 is 31.9 Å².